The quantitative estimate of drug-likeness (QED) is 0.631. The molecule has 1 aromatic heterocycles. The third kappa shape index (κ3) is 3.88. The van der Waals surface area contributed by atoms with Crippen LogP contribution in [0.2, 0.25) is 5.02 Å². The summed E-state index contributed by atoms with van der Waals surface area (Å²) in [7, 11) is 0. The number of hydrogen-bond donors (Lipinski definition) is 2. The van der Waals surface area contributed by atoms with E-state index in [4.69, 9.17) is 11.6 Å². The molecule has 4 heteroatoms. The number of nitrogens with zero attached hydrogens (tertiary/aromatic N) is 1. The predicted molar refractivity (Wildman–Crippen MR) is 105 cm³/mol. The fourth-order valence-corrected chi connectivity index (χ4v) is 4.13. The van der Waals surface area contributed by atoms with E-state index in [1.807, 2.05) is 6.07 Å². The van der Waals surface area contributed by atoms with Crippen molar-refractivity contribution >= 4 is 22.6 Å². The maximum absolute atomic E-state index is 6.56. The molecule has 0 saturated heterocycles. The van der Waals surface area contributed by atoms with Crippen LogP contribution in [0.15, 0.2) is 42.7 Å². The van der Waals surface area contributed by atoms with Crippen molar-refractivity contribution in [3.05, 3.63) is 53.3 Å². The summed E-state index contributed by atoms with van der Waals surface area (Å²) < 4.78 is 0. The summed E-state index contributed by atoms with van der Waals surface area (Å²) in [5, 5.41) is 4.41. The Morgan fingerprint density at radius 2 is 1.96 bits per heavy atom. The maximum atomic E-state index is 6.56. The van der Waals surface area contributed by atoms with Gasteiger partial charge in [0.2, 0.25) is 0 Å². The molecule has 0 spiro atoms. The van der Waals surface area contributed by atoms with E-state index < -0.39 is 0 Å². The van der Waals surface area contributed by atoms with Crippen LogP contribution in [-0.2, 0) is 6.54 Å². The number of aromatic nitrogens is 2. The van der Waals surface area contributed by atoms with E-state index >= 15 is 0 Å². The van der Waals surface area contributed by atoms with Gasteiger partial charge >= 0.3 is 0 Å². The minimum atomic E-state index is 0.802. The van der Waals surface area contributed by atoms with E-state index in [0.29, 0.717) is 0 Å². The summed E-state index contributed by atoms with van der Waals surface area (Å²) in [6.07, 6.45) is 8.68. The molecule has 1 heterocycles. The standard InChI is InChI=1S/C21H24ClN3/c22-19-10-16(13-23-12-15-4-2-1-3-5-15)6-8-18(19)17-7-9-20-21(11-17)25-14-24-20/h6-11,14-15,23H,1-5,12-13H2,(H,24,25). The molecule has 0 aliphatic heterocycles. The van der Waals surface area contributed by atoms with E-state index in [9.17, 15) is 0 Å². The highest BCUT2D eigenvalue weighted by Crippen LogP contribution is 2.30. The first-order chi connectivity index (χ1) is 12.3. The van der Waals surface area contributed by atoms with Crippen molar-refractivity contribution in [2.24, 2.45) is 5.92 Å². The number of aromatic amines is 1. The second kappa shape index (κ2) is 7.59. The van der Waals surface area contributed by atoms with Gasteiger partial charge in [0.05, 0.1) is 17.4 Å². The van der Waals surface area contributed by atoms with Gasteiger partial charge in [0.1, 0.15) is 0 Å². The van der Waals surface area contributed by atoms with Gasteiger partial charge in [-0.2, -0.15) is 0 Å². The molecule has 1 aliphatic rings. The molecule has 4 rings (SSSR count). The summed E-state index contributed by atoms with van der Waals surface area (Å²) in [6, 6.07) is 12.6. The van der Waals surface area contributed by atoms with Crippen LogP contribution < -0.4 is 5.32 Å². The summed E-state index contributed by atoms with van der Waals surface area (Å²) in [5.41, 5.74) is 5.43. The lowest BCUT2D eigenvalue weighted by molar-refractivity contribution is 0.342. The number of halogens is 1. The lowest BCUT2D eigenvalue weighted by Gasteiger charge is -2.21. The number of benzene rings is 2. The minimum absolute atomic E-state index is 0.802. The van der Waals surface area contributed by atoms with E-state index in [-0.39, 0.29) is 0 Å². The monoisotopic (exact) mass is 353 g/mol. The lowest BCUT2D eigenvalue weighted by Crippen LogP contribution is -2.24. The van der Waals surface area contributed by atoms with Gasteiger partial charge in [0, 0.05) is 17.1 Å². The Kier molecular flexibility index (Phi) is 5.04. The molecular weight excluding hydrogens is 330 g/mol. The first-order valence-corrected chi connectivity index (χ1v) is 9.60. The number of nitrogens with one attached hydrogen (secondary N) is 2. The van der Waals surface area contributed by atoms with Crippen LogP contribution in [0.25, 0.3) is 22.2 Å². The Morgan fingerprint density at radius 1 is 1.08 bits per heavy atom. The topological polar surface area (TPSA) is 40.7 Å². The Balaban J connectivity index is 1.43. The number of fused-ring (bicyclic) bond motifs is 1. The Hall–Kier alpha value is -1.84. The highest BCUT2D eigenvalue weighted by molar-refractivity contribution is 6.33. The van der Waals surface area contributed by atoms with E-state index in [1.165, 1.54) is 37.7 Å². The van der Waals surface area contributed by atoms with E-state index in [0.717, 1.165) is 46.2 Å². The van der Waals surface area contributed by atoms with Gasteiger partial charge < -0.3 is 10.3 Å². The molecule has 3 aromatic rings. The van der Waals surface area contributed by atoms with Crippen LogP contribution >= 0.6 is 11.6 Å². The fraction of sp³-hybridized carbons (Fsp3) is 0.381. The number of imidazole rings is 1. The summed E-state index contributed by atoms with van der Waals surface area (Å²) in [5.74, 6) is 0.852. The van der Waals surface area contributed by atoms with Crippen molar-refractivity contribution in [1.29, 1.82) is 0 Å². The van der Waals surface area contributed by atoms with Crippen molar-refractivity contribution in [3.8, 4) is 11.1 Å². The van der Waals surface area contributed by atoms with Crippen molar-refractivity contribution in [2.75, 3.05) is 6.54 Å². The predicted octanol–water partition coefficient (Wildman–Crippen LogP) is 5.55. The Labute approximate surface area is 153 Å². The highest BCUT2D eigenvalue weighted by Gasteiger charge is 2.13. The molecule has 0 atom stereocenters. The number of rotatable bonds is 5. The SMILES string of the molecule is Clc1cc(CNCC2CCCCC2)ccc1-c1ccc2nc[nH]c2c1. The molecule has 3 nitrogen and oxygen atoms in total. The largest absolute Gasteiger partial charge is 0.345 e. The second-order valence-electron chi connectivity index (χ2n) is 7.08. The molecule has 1 aliphatic carbocycles. The third-order valence-electron chi connectivity index (χ3n) is 5.25. The van der Waals surface area contributed by atoms with Crippen LogP contribution in [0.5, 0.6) is 0 Å². The average molecular weight is 354 g/mol. The minimum Gasteiger partial charge on any atom is -0.345 e. The zero-order valence-electron chi connectivity index (χ0n) is 14.4. The van der Waals surface area contributed by atoms with Crippen LogP contribution in [0, 0.1) is 5.92 Å². The van der Waals surface area contributed by atoms with Gasteiger partial charge in [-0.15, -0.1) is 0 Å². The van der Waals surface area contributed by atoms with Gasteiger partial charge in [-0.05, 0) is 54.6 Å². The number of H-pyrrole nitrogens is 1. The molecule has 0 amide bonds. The smallest absolute Gasteiger partial charge is 0.0931 e. The van der Waals surface area contributed by atoms with Crippen molar-refractivity contribution in [3.63, 3.8) is 0 Å². The molecule has 1 saturated carbocycles. The molecule has 0 radical (unpaired) electrons. The maximum Gasteiger partial charge on any atom is 0.0931 e. The molecule has 0 bridgehead atoms. The fourth-order valence-electron chi connectivity index (χ4n) is 3.82. The highest BCUT2D eigenvalue weighted by atomic mass is 35.5. The molecular formula is C21H24ClN3. The van der Waals surface area contributed by atoms with Crippen LogP contribution in [0.4, 0.5) is 0 Å². The average Bonchev–Trinajstić information content (AvgIpc) is 3.10. The molecule has 130 valence electrons. The van der Waals surface area contributed by atoms with Crippen molar-refractivity contribution in [1.82, 2.24) is 15.3 Å². The normalized spacial score (nSPS) is 15.7. The summed E-state index contributed by atoms with van der Waals surface area (Å²) in [6.45, 7) is 2.01. The Morgan fingerprint density at radius 3 is 2.80 bits per heavy atom. The molecule has 2 aromatic carbocycles. The first-order valence-electron chi connectivity index (χ1n) is 9.22. The van der Waals surface area contributed by atoms with Gasteiger partial charge in [-0.1, -0.05) is 49.1 Å². The van der Waals surface area contributed by atoms with Crippen LogP contribution in [-0.4, -0.2) is 16.5 Å². The summed E-state index contributed by atoms with van der Waals surface area (Å²) >= 11 is 6.56. The van der Waals surface area contributed by atoms with Crippen LogP contribution in [0.3, 0.4) is 0 Å². The van der Waals surface area contributed by atoms with Crippen molar-refractivity contribution in [2.45, 2.75) is 38.6 Å². The van der Waals surface area contributed by atoms with Crippen molar-refractivity contribution < 1.29 is 0 Å². The van der Waals surface area contributed by atoms with Gasteiger partial charge in [-0.25, -0.2) is 4.98 Å². The van der Waals surface area contributed by atoms with Gasteiger partial charge in [-0.3, -0.25) is 0 Å². The molecule has 1 fully saturated rings. The van der Waals surface area contributed by atoms with Crippen LogP contribution in [0.1, 0.15) is 37.7 Å². The van der Waals surface area contributed by atoms with E-state index in [1.54, 1.807) is 6.33 Å². The zero-order valence-corrected chi connectivity index (χ0v) is 15.1. The molecule has 0 unspecified atom stereocenters. The third-order valence-corrected chi connectivity index (χ3v) is 5.56. The summed E-state index contributed by atoms with van der Waals surface area (Å²) in [4.78, 5) is 7.42. The Bertz CT molecular complexity index is 849. The number of hydrogen-bond acceptors (Lipinski definition) is 2. The van der Waals surface area contributed by atoms with Gasteiger partial charge in [0.25, 0.3) is 0 Å². The van der Waals surface area contributed by atoms with E-state index in [2.05, 4.69) is 45.6 Å². The molecule has 2 N–H and O–H groups in total. The first kappa shape index (κ1) is 16.6. The zero-order chi connectivity index (χ0) is 17.1. The second-order valence-corrected chi connectivity index (χ2v) is 7.49. The van der Waals surface area contributed by atoms with Gasteiger partial charge in [0.15, 0.2) is 0 Å². The molecule has 25 heavy (non-hydrogen) atoms. The lowest BCUT2D eigenvalue weighted by atomic mass is 9.89.